The van der Waals surface area contributed by atoms with Crippen LogP contribution < -0.4 is 5.32 Å². The van der Waals surface area contributed by atoms with Gasteiger partial charge < -0.3 is 10.2 Å². The van der Waals surface area contributed by atoms with Crippen LogP contribution in [0.25, 0.3) is 0 Å². The second-order valence-corrected chi connectivity index (χ2v) is 6.66. The van der Waals surface area contributed by atoms with Gasteiger partial charge in [-0.05, 0) is 24.8 Å². The van der Waals surface area contributed by atoms with Gasteiger partial charge in [-0.25, -0.2) is 4.79 Å². The zero-order valence-corrected chi connectivity index (χ0v) is 14.1. The molecule has 0 aliphatic carbocycles. The lowest BCUT2D eigenvalue weighted by Crippen LogP contribution is -2.51. The summed E-state index contributed by atoms with van der Waals surface area (Å²) < 4.78 is 0. The molecule has 0 bridgehead atoms. The van der Waals surface area contributed by atoms with Crippen molar-refractivity contribution in [3.63, 3.8) is 0 Å². The minimum Gasteiger partial charge on any atom is -0.338 e. The lowest BCUT2D eigenvalue weighted by Gasteiger charge is -2.34. The predicted octanol–water partition coefficient (Wildman–Crippen LogP) is 2.87. The summed E-state index contributed by atoms with van der Waals surface area (Å²) in [6, 6.07) is 8.80. The highest BCUT2D eigenvalue weighted by Gasteiger charge is 2.20. The van der Waals surface area contributed by atoms with E-state index in [9.17, 15) is 4.79 Å². The van der Waals surface area contributed by atoms with Crippen LogP contribution in [-0.4, -0.2) is 48.6 Å². The quantitative estimate of drug-likeness (QED) is 0.908. The Morgan fingerprint density at radius 1 is 1.14 bits per heavy atom. The van der Waals surface area contributed by atoms with Gasteiger partial charge in [0.25, 0.3) is 0 Å². The number of amides is 2. The number of rotatable bonds is 5. The van der Waals surface area contributed by atoms with Crippen LogP contribution >= 0.6 is 0 Å². The number of aryl methyl sites for hydroxylation is 1. The first-order valence-electron chi connectivity index (χ1n) is 8.35. The van der Waals surface area contributed by atoms with Crippen molar-refractivity contribution in [3.8, 4) is 0 Å². The molecule has 1 aromatic carbocycles. The number of hydrogen-bond acceptors (Lipinski definition) is 2. The monoisotopic (exact) mass is 303 g/mol. The van der Waals surface area contributed by atoms with Crippen LogP contribution in [0.15, 0.2) is 24.3 Å². The predicted molar refractivity (Wildman–Crippen MR) is 90.9 cm³/mol. The molecule has 4 heteroatoms. The average Bonchev–Trinajstić information content (AvgIpc) is 2.50. The van der Waals surface area contributed by atoms with E-state index < -0.39 is 0 Å². The van der Waals surface area contributed by atoms with Gasteiger partial charge in [-0.15, -0.1) is 0 Å². The molecule has 0 atom stereocenters. The second kappa shape index (κ2) is 8.18. The Bertz CT molecular complexity index is 462. The number of urea groups is 1. The minimum absolute atomic E-state index is 0.0932. The van der Waals surface area contributed by atoms with Gasteiger partial charge in [0.15, 0.2) is 0 Å². The molecule has 1 aliphatic rings. The van der Waals surface area contributed by atoms with Gasteiger partial charge in [-0.1, -0.05) is 43.7 Å². The minimum atomic E-state index is 0.0932. The first-order valence-corrected chi connectivity index (χ1v) is 8.35. The van der Waals surface area contributed by atoms with E-state index in [1.54, 1.807) is 0 Å². The molecule has 2 rings (SSSR count). The lowest BCUT2D eigenvalue weighted by molar-refractivity contribution is 0.135. The van der Waals surface area contributed by atoms with Crippen LogP contribution in [0.5, 0.6) is 0 Å². The van der Waals surface area contributed by atoms with Crippen LogP contribution in [0.4, 0.5) is 4.79 Å². The highest BCUT2D eigenvalue weighted by molar-refractivity contribution is 5.74. The molecule has 0 unspecified atom stereocenters. The van der Waals surface area contributed by atoms with Gasteiger partial charge in [0.1, 0.15) is 0 Å². The summed E-state index contributed by atoms with van der Waals surface area (Å²) >= 11 is 0. The maximum atomic E-state index is 12.1. The zero-order chi connectivity index (χ0) is 15.9. The number of hydrogen-bond donors (Lipinski definition) is 1. The fraction of sp³-hybridized carbons (Fsp3) is 0.611. The average molecular weight is 303 g/mol. The Kier molecular flexibility index (Phi) is 6.25. The molecule has 1 saturated heterocycles. The Morgan fingerprint density at radius 3 is 2.36 bits per heavy atom. The van der Waals surface area contributed by atoms with Crippen LogP contribution in [0.3, 0.4) is 0 Å². The molecule has 22 heavy (non-hydrogen) atoms. The molecule has 1 fully saturated rings. The van der Waals surface area contributed by atoms with E-state index in [1.807, 2.05) is 4.90 Å². The molecule has 1 N–H and O–H groups in total. The molecule has 1 aliphatic heterocycles. The Balaban J connectivity index is 1.71. The van der Waals surface area contributed by atoms with Crippen molar-refractivity contribution in [2.24, 2.45) is 5.92 Å². The van der Waals surface area contributed by atoms with E-state index in [4.69, 9.17) is 0 Å². The van der Waals surface area contributed by atoms with Gasteiger partial charge in [-0.3, -0.25) is 4.90 Å². The van der Waals surface area contributed by atoms with Crippen LogP contribution in [-0.2, 0) is 6.54 Å². The third kappa shape index (κ3) is 5.34. The van der Waals surface area contributed by atoms with Crippen molar-refractivity contribution < 1.29 is 4.79 Å². The van der Waals surface area contributed by atoms with Crippen molar-refractivity contribution in [1.29, 1.82) is 0 Å². The molecule has 1 aromatic rings. The topological polar surface area (TPSA) is 35.6 Å². The summed E-state index contributed by atoms with van der Waals surface area (Å²) in [5.41, 5.74) is 2.65. The fourth-order valence-corrected chi connectivity index (χ4v) is 2.64. The Hall–Kier alpha value is -1.55. The van der Waals surface area contributed by atoms with Crippen molar-refractivity contribution in [3.05, 3.63) is 35.4 Å². The number of benzene rings is 1. The molecule has 1 heterocycles. The maximum Gasteiger partial charge on any atom is 0.317 e. The summed E-state index contributed by atoms with van der Waals surface area (Å²) in [4.78, 5) is 16.4. The standard InChI is InChI=1S/C18H29N3O/c1-15(2)8-9-19-18(22)21-12-10-20(11-13-21)14-17-6-4-16(3)5-7-17/h4-7,15H,8-14H2,1-3H3,(H,19,22). The number of nitrogens with one attached hydrogen (secondary N) is 1. The van der Waals surface area contributed by atoms with Crippen LogP contribution in [0, 0.1) is 12.8 Å². The fourth-order valence-electron chi connectivity index (χ4n) is 2.64. The molecular weight excluding hydrogens is 274 g/mol. The molecule has 0 saturated carbocycles. The molecule has 122 valence electrons. The van der Waals surface area contributed by atoms with E-state index in [0.717, 1.165) is 45.7 Å². The molecular formula is C18H29N3O. The molecule has 2 amide bonds. The van der Waals surface area contributed by atoms with Gasteiger partial charge in [-0.2, -0.15) is 0 Å². The van der Waals surface area contributed by atoms with Crippen molar-refractivity contribution in [2.45, 2.75) is 33.7 Å². The van der Waals surface area contributed by atoms with E-state index in [0.29, 0.717) is 5.92 Å². The van der Waals surface area contributed by atoms with Gasteiger partial charge >= 0.3 is 6.03 Å². The lowest BCUT2D eigenvalue weighted by atomic mass is 10.1. The highest BCUT2D eigenvalue weighted by atomic mass is 16.2. The number of carbonyl (C=O) groups is 1. The smallest absolute Gasteiger partial charge is 0.317 e. The maximum absolute atomic E-state index is 12.1. The van der Waals surface area contributed by atoms with E-state index in [1.165, 1.54) is 11.1 Å². The molecule has 0 radical (unpaired) electrons. The Morgan fingerprint density at radius 2 is 1.77 bits per heavy atom. The molecule has 4 nitrogen and oxygen atoms in total. The summed E-state index contributed by atoms with van der Waals surface area (Å²) in [5, 5.41) is 3.02. The Labute approximate surface area is 134 Å². The summed E-state index contributed by atoms with van der Waals surface area (Å²) in [7, 11) is 0. The summed E-state index contributed by atoms with van der Waals surface area (Å²) in [5.74, 6) is 0.631. The molecule has 0 aromatic heterocycles. The normalized spacial score (nSPS) is 16.1. The van der Waals surface area contributed by atoms with Crippen LogP contribution in [0.2, 0.25) is 0 Å². The highest BCUT2D eigenvalue weighted by Crippen LogP contribution is 2.10. The first-order chi connectivity index (χ1) is 10.5. The van der Waals surface area contributed by atoms with Crippen molar-refractivity contribution in [1.82, 2.24) is 15.1 Å². The first kappa shape index (κ1) is 16.8. The summed E-state index contributed by atoms with van der Waals surface area (Å²) in [6.07, 6.45) is 1.04. The number of carbonyl (C=O) groups excluding carboxylic acids is 1. The number of nitrogens with zero attached hydrogens (tertiary/aromatic N) is 2. The third-order valence-corrected chi connectivity index (χ3v) is 4.18. The van der Waals surface area contributed by atoms with E-state index in [-0.39, 0.29) is 6.03 Å². The van der Waals surface area contributed by atoms with Gasteiger partial charge in [0.2, 0.25) is 0 Å². The zero-order valence-electron chi connectivity index (χ0n) is 14.1. The summed E-state index contributed by atoms with van der Waals surface area (Å²) in [6.45, 7) is 11.8. The van der Waals surface area contributed by atoms with Gasteiger partial charge in [0.05, 0.1) is 0 Å². The van der Waals surface area contributed by atoms with E-state index in [2.05, 4.69) is 55.3 Å². The second-order valence-electron chi connectivity index (χ2n) is 6.66. The SMILES string of the molecule is Cc1ccc(CN2CCN(C(=O)NCCC(C)C)CC2)cc1. The molecule has 0 spiro atoms. The third-order valence-electron chi connectivity index (χ3n) is 4.18. The van der Waals surface area contributed by atoms with E-state index >= 15 is 0 Å². The van der Waals surface area contributed by atoms with Crippen LogP contribution in [0.1, 0.15) is 31.4 Å². The largest absolute Gasteiger partial charge is 0.338 e. The number of piperazine rings is 1. The van der Waals surface area contributed by atoms with Crippen molar-refractivity contribution in [2.75, 3.05) is 32.7 Å². The van der Waals surface area contributed by atoms with Gasteiger partial charge in [0, 0.05) is 39.3 Å². The van der Waals surface area contributed by atoms with Crippen molar-refractivity contribution >= 4 is 6.03 Å².